The molecule has 0 aliphatic rings. The average Bonchev–Trinajstić information content (AvgIpc) is 3.45. The van der Waals surface area contributed by atoms with Gasteiger partial charge in [-0.05, 0) is 55.0 Å². The number of aryl methyl sites for hydroxylation is 2. The lowest BCUT2D eigenvalue weighted by molar-refractivity contribution is -0.137. The predicted molar refractivity (Wildman–Crippen MR) is 131 cm³/mol. The maximum absolute atomic E-state index is 13.2. The molecule has 3 heterocycles. The summed E-state index contributed by atoms with van der Waals surface area (Å²) in [5, 5.41) is 7.16. The van der Waals surface area contributed by atoms with Gasteiger partial charge in [0.15, 0.2) is 0 Å². The number of benzene rings is 2. The molecule has 0 saturated carbocycles. The summed E-state index contributed by atoms with van der Waals surface area (Å²) in [6, 6.07) is 12.7. The van der Waals surface area contributed by atoms with Crippen LogP contribution in [-0.4, -0.2) is 26.3 Å². The first-order chi connectivity index (χ1) is 17.1. The first-order valence-electron chi connectivity index (χ1n) is 10.9. The third-order valence-electron chi connectivity index (χ3n) is 6.00. The highest BCUT2D eigenvalue weighted by atomic mass is 19.4. The summed E-state index contributed by atoms with van der Waals surface area (Å²) in [6.45, 7) is 1.79. The lowest BCUT2D eigenvalue weighted by Gasteiger charge is -2.13. The molecular formula is C26H20F3N5O2. The fraction of sp³-hybridized carbons (Fsp3) is 0.115. The highest BCUT2D eigenvalue weighted by Gasteiger charge is 2.31. The molecule has 3 N–H and O–H groups in total. The summed E-state index contributed by atoms with van der Waals surface area (Å²) in [4.78, 5) is 33.2. The molecule has 0 fully saturated rings. The number of hydrogen-bond donors (Lipinski definition) is 3. The Kier molecular flexibility index (Phi) is 5.51. The first kappa shape index (κ1) is 23.2. The van der Waals surface area contributed by atoms with E-state index in [1.54, 1.807) is 55.2 Å². The van der Waals surface area contributed by atoms with Crippen molar-refractivity contribution in [3.05, 3.63) is 89.4 Å². The van der Waals surface area contributed by atoms with Gasteiger partial charge in [-0.15, -0.1) is 0 Å². The number of fused-ring (bicyclic) bond motifs is 3. The molecule has 0 saturated heterocycles. The van der Waals surface area contributed by atoms with E-state index in [0.29, 0.717) is 17.1 Å². The number of halogens is 3. The number of rotatable bonds is 4. The van der Waals surface area contributed by atoms with Gasteiger partial charge < -0.3 is 20.2 Å². The number of amides is 2. The Bertz CT molecular complexity index is 1650. The van der Waals surface area contributed by atoms with E-state index in [-0.39, 0.29) is 11.5 Å². The summed E-state index contributed by atoms with van der Waals surface area (Å²) < 4.78 is 40.8. The van der Waals surface area contributed by atoms with Crippen molar-refractivity contribution in [3.8, 4) is 0 Å². The molecule has 0 aliphatic heterocycles. The van der Waals surface area contributed by atoms with Gasteiger partial charge in [-0.1, -0.05) is 12.1 Å². The number of carbonyl (C=O) groups excluding carboxylic acids is 2. The summed E-state index contributed by atoms with van der Waals surface area (Å²) in [6.07, 6.45) is -1.07. The molecule has 5 rings (SSSR count). The molecule has 3 aromatic heterocycles. The number of pyridine rings is 1. The Hall–Kier alpha value is -4.60. The van der Waals surface area contributed by atoms with E-state index in [4.69, 9.17) is 0 Å². The van der Waals surface area contributed by atoms with E-state index in [1.807, 2.05) is 6.07 Å². The van der Waals surface area contributed by atoms with Crippen molar-refractivity contribution in [1.82, 2.24) is 14.5 Å². The molecule has 0 spiro atoms. The molecule has 5 aromatic rings. The molecule has 0 radical (unpaired) electrons. The number of alkyl halides is 3. The Morgan fingerprint density at radius 1 is 1.00 bits per heavy atom. The highest BCUT2D eigenvalue weighted by Crippen LogP contribution is 2.30. The van der Waals surface area contributed by atoms with Crippen LogP contribution in [0.2, 0.25) is 0 Å². The fourth-order valence-corrected chi connectivity index (χ4v) is 4.13. The van der Waals surface area contributed by atoms with Gasteiger partial charge in [-0.2, -0.15) is 13.2 Å². The van der Waals surface area contributed by atoms with Crippen molar-refractivity contribution in [2.45, 2.75) is 13.1 Å². The summed E-state index contributed by atoms with van der Waals surface area (Å²) >= 11 is 0. The van der Waals surface area contributed by atoms with E-state index < -0.39 is 17.6 Å². The molecule has 2 aromatic carbocycles. The number of H-pyrrole nitrogens is 1. The van der Waals surface area contributed by atoms with Crippen molar-refractivity contribution < 1.29 is 22.8 Å². The normalized spacial score (nSPS) is 11.7. The van der Waals surface area contributed by atoms with Crippen LogP contribution in [0.3, 0.4) is 0 Å². The number of anilines is 2. The minimum Gasteiger partial charge on any atom is -0.346 e. The number of nitrogens with zero attached hydrogens (tertiary/aromatic N) is 2. The zero-order valence-electron chi connectivity index (χ0n) is 19.2. The van der Waals surface area contributed by atoms with Crippen LogP contribution in [0.5, 0.6) is 0 Å². The van der Waals surface area contributed by atoms with Gasteiger partial charge in [-0.25, -0.2) is 4.98 Å². The van der Waals surface area contributed by atoms with Crippen LogP contribution in [0.1, 0.15) is 32.0 Å². The predicted octanol–water partition coefficient (Wildman–Crippen LogP) is 5.89. The van der Waals surface area contributed by atoms with E-state index in [2.05, 4.69) is 20.6 Å². The largest absolute Gasteiger partial charge is 0.416 e. The molecule has 10 heteroatoms. The maximum Gasteiger partial charge on any atom is 0.416 e. The third-order valence-corrected chi connectivity index (χ3v) is 6.00. The quantitative estimate of drug-likeness (QED) is 0.293. The Balaban J connectivity index is 1.39. The zero-order chi connectivity index (χ0) is 25.6. The van der Waals surface area contributed by atoms with Crippen LogP contribution < -0.4 is 10.6 Å². The first-order valence-corrected chi connectivity index (χ1v) is 10.9. The molecule has 7 nitrogen and oxygen atoms in total. The van der Waals surface area contributed by atoms with Crippen molar-refractivity contribution in [2.24, 2.45) is 7.05 Å². The van der Waals surface area contributed by atoms with Crippen molar-refractivity contribution in [2.75, 3.05) is 10.6 Å². The van der Waals surface area contributed by atoms with Gasteiger partial charge >= 0.3 is 6.18 Å². The second kappa shape index (κ2) is 8.56. The molecule has 0 aliphatic carbocycles. The van der Waals surface area contributed by atoms with Crippen LogP contribution >= 0.6 is 0 Å². The third kappa shape index (κ3) is 4.17. The molecule has 0 atom stereocenters. The van der Waals surface area contributed by atoms with E-state index >= 15 is 0 Å². The standard InChI is InChI=1S/C26H20F3N5O2/c1-14-6-7-18(32-24(35)15-4-3-5-17(10-15)26(27,28)29)12-20(14)33-25(36)21-11-16-13-31-23-19(8-9-30-23)22(16)34(21)2/h3-13H,1-2H3,(H,30,31)(H,32,35)(H,33,36). The number of carbonyl (C=O) groups is 2. The minimum absolute atomic E-state index is 0.129. The second-order valence-electron chi connectivity index (χ2n) is 8.41. The van der Waals surface area contributed by atoms with Crippen LogP contribution in [0.15, 0.2) is 67.0 Å². The van der Waals surface area contributed by atoms with Gasteiger partial charge in [0, 0.05) is 47.2 Å². The highest BCUT2D eigenvalue weighted by molar-refractivity contribution is 6.11. The van der Waals surface area contributed by atoms with Crippen LogP contribution in [0, 0.1) is 6.92 Å². The topological polar surface area (TPSA) is 91.8 Å². The van der Waals surface area contributed by atoms with Gasteiger partial charge in [0.2, 0.25) is 0 Å². The maximum atomic E-state index is 13.2. The van der Waals surface area contributed by atoms with E-state index in [9.17, 15) is 22.8 Å². The molecule has 2 amide bonds. The number of aromatic amines is 1. The van der Waals surface area contributed by atoms with Gasteiger partial charge in [-0.3, -0.25) is 9.59 Å². The number of aromatic nitrogens is 3. The number of nitrogens with one attached hydrogen (secondary N) is 3. The number of hydrogen-bond acceptors (Lipinski definition) is 3. The monoisotopic (exact) mass is 491 g/mol. The van der Waals surface area contributed by atoms with Crippen LogP contribution in [-0.2, 0) is 13.2 Å². The molecule has 36 heavy (non-hydrogen) atoms. The van der Waals surface area contributed by atoms with E-state index in [0.717, 1.165) is 39.6 Å². The van der Waals surface area contributed by atoms with Gasteiger partial charge in [0.1, 0.15) is 11.3 Å². The molecule has 0 bridgehead atoms. The average molecular weight is 491 g/mol. The SMILES string of the molecule is Cc1ccc(NC(=O)c2cccc(C(F)(F)F)c2)cc1NC(=O)c1cc2cnc3[nH]ccc3c2n1C. The minimum atomic E-state index is -4.55. The van der Waals surface area contributed by atoms with Crippen molar-refractivity contribution in [3.63, 3.8) is 0 Å². The zero-order valence-corrected chi connectivity index (χ0v) is 19.2. The Morgan fingerprint density at radius 2 is 1.81 bits per heavy atom. The Morgan fingerprint density at radius 3 is 2.58 bits per heavy atom. The molecular weight excluding hydrogens is 471 g/mol. The van der Waals surface area contributed by atoms with Gasteiger partial charge in [0.05, 0.1) is 11.1 Å². The van der Waals surface area contributed by atoms with Crippen LogP contribution in [0.25, 0.3) is 21.9 Å². The van der Waals surface area contributed by atoms with E-state index in [1.165, 1.54) is 12.1 Å². The molecule has 182 valence electrons. The van der Waals surface area contributed by atoms with Crippen LogP contribution in [0.4, 0.5) is 24.5 Å². The van der Waals surface area contributed by atoms with Crippen molar-refractivity contribution in [1.29, 1.82) is 0 Å². The summed E-state index contributed by atoms with van der Waals surface area (Å²) in [5.41, 5.74) is 2.49. The molecule has 0 unspecified atom stereocenters. The lowest BCUT2D eigenvalue weighted by Crippen LogP contribution is -2.17. The summed E-state index contributed by atoms with van der Waals surface area (Å²) in [7, 11) is 1.79. The summed E-state index contributed by atoms with van der Waals surface area (Å²) in [5.74, 6) is -1.05. The fourth-order valence-electron chi connectivity index (χ4n) is 4.13. The van der Waals surface area contributed by atoms with Gasteiger partial charge in [0.25, 0.3) is 11.8 Å². The van der Waals surface area contributed by atoms with Crippen molar-refractivity contribution >= 4 is 45.1 Å². The lowest BCUT2D eigenvalue weighted by atomic mass is 10.1. The Labute approximate surface area is 203 Å². The second-order valence-corrected chi connectivity index (χ2v) is 8.41. The smallest absolute Gasteiger partial charge is 0.346 e.